The Balaban J connectivity index is 1.58. The first-order valence-corrected chi connectivity index (χ1v) is 9.55. The fraction of sp³-hybridized carbons (Fsp3) is 0.286. The molecule has 0 unspecified atom stereocenters. The Labute approximate surface area is 176 Å². The van der Waals surface area contributed by atoms with Crippen LogP contribution in [-0.2, 0) is 17.9 Å². The lowest BCUT2D eigenvalue weighted by Crippen LogP contribution is -2.36. The van der Waals surface area contributed by atoms with Gasteiger partial charge in [-0.2, -0.15) is 13.8 Å². The van der Waals surface area contributed by atoms with E-state index in [2.05, 4.69) is 20.2 Å². The Morgan fingerprint density at radius 1 is 1.19 bits per heavy atom. The van der Waals surface area contributed by atoms with Crippen LogP contribution in [0.1, 0.15) is 18.4 Å². The number of amides is 1. The number of hydrogen-bond acceptors (Lipinski definition) is 6. The number of carbonyl (C=O) groups is 1. The van der Waals surface area contributed by atoms with Crippen LogP contribution >= 0.6 is 0 Å². The summed E-state index contributed by atoms with van der Waals surface area (Å²) in [6.45, 7) is -0.00600. The molecule has 7 nitrogen and oxygen atoms in total. The van der Waals surface area contributed by atoms with Crippen molar-refractivity contribution >= 4 is 5.91 Å². The normalized spacial score (nSPS) is 11.2. The van der Waals surface area contributed by atoms with Crippen molar-refractivity contribution in [1.82, 2.24) is 20.4 Å². The van der Waals surface area contributed by atoms with Gasteiger partial charge in [0.15, 0.2) is 0 Å². The third-order valence-electron chi connectivity index (χ3n) is 4.39. The summed E-state index contributed by atoms with van der Waals surface area (Å²) in [6, 6.07) is 12.0. The minimum absolute atomic E-state index is 0.0580. The molecule has 1 heterocycles. The molecule has 3 aromatic rings. The van der Waals surface area contributed by atoms with Gasteiger partial charge >= 0.3 is 6.61 Å². The van der Waals surface area contributed by atoms with Crippen molar-refractivity contribution in [2.24, 2.45) is 0 Å². The summed E-state index contributed by atoms with van der Waals surface area (Å²) in [5.74, 6) is -0.272. The van der Waals surface area contributed by atoms with Gasteiger partial charge in [-0.15, -0.1) is 0 Å². The Hall–Kier alpha value is -3.40. The average molecular weight is 434 g/mol. The van der Waals surface area contributed by atoms with Crippen molar-refractivity contribution < 1.29 is 27.2 Å². The average Bonchev–Trinajstić information content (AvgIpc) is 3.21. The Bertz CT molecular complexity index is 996. The molecular formula is C21H21F3N4O3. The molecule has 0 atom stereocenters. The number of hydrogen-bond donors (Lipinski definition) is 1. The summed E-state index contributed by atoms with van der Waals surface area (Å²) >= 11 is 0. The molecule has 10 heteroatoms. The summed E-state index contributed by atoms with van der Waals surface area (Å²) in [5.41, 5.74) is 1.06. The van der Waals surface area contributed by atoms with E-state index in [4.69, 9.17) is 4.52 Å². The van der Waals surface area contributed by atoms with Crippen molar-refractivity contribution in [3.8, 4) is 17.1 Å². The molecule has 0 fully saturated rings. The monoisotopic (exact) mass is 434 g/mol. The van der Waals surface area contributed by atoms with Crippen molar-refractivity contribution in [2.45, 2.75) is 26.6 Å². The van der Waals surface area contributed by atoms with Crippen LogP contribution in [0.15, 0.2) is 53.1 Å². The summed E-state index contributed by atoms with van der Waals surface area (Å²) in [5, 5.41) is 6.60. The number of likely N-dealkylation sites (N-methyl/N-ethyl adjacent to an activating group) is 1. The van der Waals surface area contributed by atoms with E-state index in [9.17, 15) is 18.0 Å². The molecule has 0 aliphatic heterocycles. The largest absolute Gasteiger partial charge is 0.434 e. The highest BCUT2D eigenvalue weighted by Crippen LogP contribution is 2.28. The molecule has 164 valence electrons. The molecule has 0 spiro atoms. The highest BCUT2D eigenvalue weighted by Gasteiger charge is 2.18. The summed E-state index contributed by atoms with van der Waals surface area (Å²) < 4.78 is 47.9. The van der Waals surface area contributed by atoms with Crippen molar-refractivity contribution in [3.05, 3.63) is 65.8 Å². The van der Waals surface area contributed by atoms with E-state index in [0.29, 0.717) is 6.54 Å². The molecule has 0 radical (unpaired) electrons. The van der Waals surface area contributed by atoms with E-state index in [-0.39, 0.29) is 54.4 Å². The molecule has 0 saturated carbocycles. The first-order chi connectivity index (χ1) is 14.9. The molecule has 1 N–H and O–H groups in total. The van der Waals surface area contributed by atoms with E-state index >= 15 is 0 Å². The second-order valence-electron chi connectivity index (χ2n) is 6.59. The van der Waals surface area contributed by atoms with Gasteiger partial charge in [-0.25, -0.2) is 4.39 Å². The van der Waals surface area contributed by atoms with E-state index in [0.717, 1.165) is 5.56 Å². The Morgan fingerprint density at radius 3 is 2.65 bits per heavy atom. The predicted octanol–water partition coefficient (Wildman–Crippen LogP) is 3.62. The Kier molecular flexibility index (Phi) is 7.60. The van der Waals surface area contributed by atoms with E-state index in [1.165, 1.54) is 18.2 Å². The number of para-hydroxylation sites is 1. The van der Waals surface area contributed by atoms with Gasteiger partial charge in [0.05, 0.1) is 18.7 Å². The number of rotatable bonds is 10. The van der Waals surface area contributed by atoms with Crippen LogP contribution in [0, 0.1) is 5.82 Å². The highest BCUT2D eigenvalue weighted by atomic mass is 19.3. The highest BCUT2D eigenvalue weighted by molar-refractivity contribution is 5.78. The molecule has 31 heavy (non-hydrogen) atoms. The topological polar surface area (TPSA) is 80.5 Å². The minimum Gasteiger partial charge on any atom is -0.434 e. The SMILES string of the molecule is CCN(CC(=O)NCc1ccc(F)cc1)Cc1nc(-c2ccccc2OC(F)F)no1. The quantitative estimate of drug-likeness (QED) is 0.525. The number of benzene rings is 2. The van der Waals surface area contributed by atoms with E-state index in [1.807, 2.05) is 6.92 Å². The number of halogens is 3. The first-order valence-electron chi connectivity index (χ1n) is 9.55. The third kappa shape index (κ3) is 6.54. The maximum absolute atomic E-state index is 12.9. The van der Waals surface area contributed by atoms with Gasteiger partial charge in [-0.3, -0.25) is 9.69 Å². The summed E-state index contributed by atoms with van der Waals surface area (Å²) in [4.78, 5) is 18.2. The maximum Gasteiger partial charge on any atom is 0.387 e. The molecule has 0 saturated heterocycles. The van der Waals surface area contributed by atoms with Crippen LogP contribution in [0.2, 0.25) is 0 Å². The lowest BCUT2D eigenvalue weighted by Gasteiger charge is -2.17. The van der Waals surface area contributed by atoms with Gasteiger partial charge in [0.25, 0.3) is 0 Å². The molecule has 1 aromatic heterocycles. The predicted molar refractivity (Wildman–Crippen MR) is 106 cm³/mol. The number of ether oxygens (including phenoxy) is 1. The number of carbonyl (C=O) groups excluding carboxylic acids is 1. The van der Waals surface area contributed by atoms with Gasteiger partial charge in [0, 0.05) is 6.54 Å². The van der Waals surface area contributed by atoms with Crippen molar-refractivity contribution in [2.75, 3.05) is 13.1 Å². The standard InChI is InChI=1S/C21H21F3N4O3/c1-2-28(12-18(29)25-11-14-7-9-15(22)10-8-14)13-19-26-20(27-31-19)16-5-3-4-6-17(16)30-21(23)24/h3-10,21H,2,11-13H2,1H3,(H,25,29). The second kappa shape index (κ2) is 10.6. The van der Waals surface area contributed by atoms with Gasteiger partial charge in [-0.1, -0.05) is 36.3 Å². The number of alkyl halides is 2. The van der Waals surface area contributed by atoms with Gasteiger partial charge in [-0.05, 0) is 36.4 Å². The summed E-state index contributed by atoms with van der Waals surface area (Å²) in [7, 11) is 0. The van der Waals surface area contributed by atoms with Crippen LogP contribution in [0.25, 0.3) is 11.4 Å². The molecule has 0 bridgehead atoms. The molecule has 1 amide bonds. The lowest BCUT2D eigenvalue weighted by molar-refractivity contribution is -0.122. The molecule has 3 rings (SSSR count). The molecular weight excluding hydrogens is 413 g/mol. The lowest BCUT2D eigenvalue weighted by atomic mass is 10.2. The van der Waals surface area contributed by atoms with Crippen molar-refractivity contribution in [3.63, 3.8) is 0 Å². The first kappa shape index (κ1) is 22.3. The van der Waals surface area contributed by atoms with Crippen LogP contribution in [-0.4, -0.2) is 40.6 Å². The zero-order valence-corrected chi connectivity index (χ0v) is 16.7. The third-order valence-corrected chi connectivity index (χ3v) is 4.39. The van der Waals surface area contributed by atoms with Gasteiger partial charge < -0.3 is 14.6 Å². The minimum atomic E-state index is -2.98. The summed E-state index contributed by atoms with van der Waals surface area (Å²) in [6.07, 6.45) is 0. The van der Waals surface area contributed by atoms with Crippen LogP contribution < -0.4 is 10.1 Å². The van der Waals surface area contributed by atoms with E-state index < -0.39 is 6.61 Å². The zero-order chi connectivity index (χ0) is 22.2. The molecule has 0 aliphatic rings. The fourth-order valence-corrected chi connectivity index (χ4v) is 2.81. The zero-order valence-electron chi connectivity index (χ0n) is 16.7. The van der Waals surface area contributed by atoms with Crippen LogP contribution in [0.3, 0.4) is 0 Å². The van der Waals surface area contributed by atoms with Gasteiger partial charge in [0.1, 0.15) is 11.6 Å². The number of nitrogens with one attached hydrogen (secondary N) is 1. The Morgan fingerprint density at radius 2 is 1.94 bits per heavy atom. The second-order valence-corrected chi connectivity index (χ2v) is 6.59. The number of aromatic nitrogens is 2. The molecule has 2 aromatic carbocycles. The molecule has 0 aliphatic carbocycles. The van der Waals surface area contributed by atoms with Crippen LogP contribution in [0.4, 0.5) is 13.2 Å². The smallest absolute Gasteiger partial charge is 0.387 e. The van der Waals surface area contributed by atoms with E-state index in [1.54, 1.807) is 35.2 Å². The number of nitrogens with zero attached hydrogens (tertiary/aromatic N) is 3. The van der Waals surface area contributed by atoms with Crippen LogP contribution in [0.5, 0.6) is 5.75 Å². The fourth-order valence-electron chi connectivity index (χ4n) is 2.81. The maximum atomic E-state index is 12.9. The van der Waals surface area contributed by atoms with Gasteiger partial charge in [0.2, 0.25) is 17.6 Å². The van der Waals surface area contributed by atoms with Crippen molar-refractivity contribution in [1.29, 1.82) is 0 Å².